The molecule has 3 rings (SSSR count). The van der Waals surface area contributed by atoms with Crippen LogP contribution in [0.3, 0.4) is 0 Å². The van der Waals surface area contributed by atoms with Gasteiger partial charge in [-0.1, -0.05) is 12.8 Å². The quantitative estimate of drug-likeness (QED) is 0.278. The van der Waals surface area contributed by atoms with Gasteiger partial charge in [0.2, 0.25) is 5.91 Å². The van der Waals surface area contributed by atoms with Gasteiger partial charge in [-0.2, -0.15) is 0 Å². The van der Waals surface area contributed by atoms with E-state index in [0.29, 0.717) is 37.4 Å². The summed E-state index contributed by atoms with van der Waals surface area (Å²) in [6.07, 6.45) is 3.19. The van der Waals surface area contributed by atoms with E-state index >= 15 is 0 Å². The molecule has 32 heavy (non-hydrogen) atoms. The highest BCUT2D eigenvalue weighted by atomic mass is 32.2. The van der Waals surface area contributed by atoms with Crippen LogP contribution in [0.5, 0.6) is 11.5 Å². The minimum absolute atomic E-state index is 0.0845. The van der Waals surface area contributed by atoms with E-state index in [9.17, 15) is 19.2 Å². The highest BCUT2D eigenvalue weighted by Crippen LogP contribution is 2.42. The molecule has 0 atom stereocenters. The molecule has 0 bridgehead atoms. The summed E-state index contributed by atoms with van der Waals surface area (Å²) in [5.74, 6) is 0.260. The normalized spacial score (nSPS) is 14.9. The second-order valence-electron chi connectivity index (χ2n) is 7.60. The Bertz CT molecular complexity index is 902. The fraction of sp³-hybridized carbons (Fsp3) is 0.391. The Kier molecular flexibility index (Phi) is 8.49. The molecule has 2 amide bonds. The summed E-state index contributed by atoms with van der Waals surface area (Å²) in [6.45, 7) is 2.76. The average molecular weight is 462 g/mol. The highest BCUT2D eigenvalue weighted by Gasteiger charge is 2.47. The molecular weight excluding hydrogens is 433 g/mol. The van der Waals surface area contributed by atoms with Crippen molar-refractivity contribution in [3.8, 4) is 11.5 Å². The van der Waals surface area contributed by atoms with Crippen LogP contribution < -0.4 is 15.5 Å². The number of halogens is 1. The van der Waals surface area contributed by atoms with Crippen LogP contribution in [-0.2, 0) is 9.59 Å². The molecule has 1 aliphatic rings. The monoisotopic (exact) mass is 461 g/mol. The SMILES string of the molecule is CCNC(=O)CCN(Sc1ccc(Oc2ccc(F)cc2)cc1)C1(C(=O)NO)CCCC1. The maximum Gasteiger partial charge on any atom is 0.264 e. The van der Waals surface area contributed by atoms with Crippen molar-refractivity contribution in [2.24, 2.45) is 0 Å². The zero-order valence-electron chi connectivity index (χ0n) is 18.0. The predicted molar refractivity (Wildman–Crippen MR) is 120 cm³/mol. The van der Waals surface area contributed by atoms with Crippen molar-refractivity contribution < 1.29 is 23.9 Å². The molecule has 0 aromatic heterocycles. The van der Waals surface area contributed by atoms with Gasteiger partial charge in [0.1, 0.15) is 22.9 Å². The van der Waals surface area contributed by atoms with Gasteiger partial charge >= 0.3 is 0 Å². The van der Waals surface area contributed by atoms with Crippen LogP contribution in [0.2, 0.25) is 0 Å². The van der Waals surface area contributed by atoms with E-state index < -0.39 is 11.4 Å². The molecule has 0 aliphatic heterocycles. The second kappa shape index (κ2) is 11.3. The summed E-state index contributed by atoms with van der Waals surface area (Å²) in [7, 11) is 0. The second-order valence-corrected chi connectivity index (χ2v) is 8.70. The Morgan fingerprint density at radius 3 is 2.25 bits per heavy atom. The summed E-state index contributed by atoms with van der Waals surface area (Å²) in [5.41, 5.74) is 0.946. The highest BCUT2D eigenvalue weighted by molar-refractivity contribution is 7.97. The number of nitrogens with zero attached hydrogens (tertiary/aromatic N) is 1. The van der Waals surface area contributed by atoms with Crippen molar-refractivity contribution in [1.29, 1.82) is 0 Å². The van der Waals surface area contributed by atoms with Crippen LogP contribution in [0.25, 0.3) is 0 Å². The van der Waals surface area contributed by atoms with Crippen LogP contribution in [0, 0.1) is 5.82 Å². The Morgan fingerprint density at radius 1 is 1.09 bits per heavy atom. The van der Waals surface area contributed by atoms with Crippen molar-refractivity contribution in [1.82, 2.24) is 15.1 Å². The molecule has 0 heterocycles. The van der Waals surface area contributed by atoms with E-state index in [-0.39, 0.29) is 18.1 Å². The fourth-order valence-corrected chi connectivity index (χ4v) is 4.96. The molecule has 172 valence electrons. The summed E-state index contributed by atoms with van der Waals surface area (Å²) >= 11 is 1.38. The number of nitrogens with one attached hydrogen (secondary N) is 2. The molecule has 2 aromatic rings. The van der Waals surface area contributed by atoms with Crippen molar-refractivity contribution in [3.05, 3.63) is 54.3 Å². The molecule has 7 nitrogen and oxygen atoms in total. The first-order valence-corrected chi connectivity index (χ1v) is 11.4. The summed E-state index contributed by atoms with van der Waals surface area (Å²) in [6, 6.07) is 13.1. The standard InChI is InChI=1S/C23H28FN3O4S/c1-2-25-21(28)13-16-27(23(22(29)26-30)14-3-4-15-23)32-20-11-9-19(10-12-20)31-18-7-5-17(24)6-8-18/h5-12,30H,2-4,13-16H2,1H3,(H,25,28)(H,26,29). The molecule has 0 saturated heterocycles. The molecule has 3 N–H and O–H groups in total. The van der Waals surface area contributed by atoms with Crippen LogP contribution in [0.1, 0.15) is 39.0 Å². The van der Waals surface area contributed by atoms with Crippen molar-refractivity contribution in [2.45, 2.75) is 49.5 Å². The van der Waals surface area contributed by atoms with Gasteiger partial charge in [-0.15, -0.1) is 0 Å². The Labute approximate surface area is 191 Å². The predicted octanol–water partition coefficient (Wildman–Crippen LogP) is 4.27. The Hall–Kier alpha value is -2.62. The van der Waals surface area contributed by atoms with E-state index in [0.717, 1.165) is 17.7 Å². The van der Waals surface area contributed by atoms with Crippen molar-refractivity contribution in [2.75, 3.05) is 13.1 Å². The van der Waals surface area contributed by atoms with Crippen LogP contribution in [0.4, 0.5) is 4.39 Å². The molecule has 9 heteroatoms. The molecule has 1 saturated carbocycles. The maximum absolute atomic E-state index is 13.1. The minimum atomic E-state index is -0.880. The number of carbonyl (C=O) groups excluding carboxylic acids is 2. The lowest BCUT2D eigenvalue weighted by Gasteiger charge is -2.38. The van der Waals surface area contributed by atoms with E-state index in [1.807, 2.05) is 28.8 Å². The van der Waals surface area contributed by atoms with Gasteiger partial charge in [0, 0.05) is 24.4 Å². The Morgan fingerprint density at radius 2 is 1.69 bits per heavy atom. The molecule has 0 unspecified atom stereocenters. The number of rotatable bonds is 10. The van der Waals surface area contributed by atoms with Gasteiger partial charge < -0.3 is 10.1 Å². The van der Waals surface area contributed by atoms with Crippen LogP contribution in [0.15, 0.2) is 53.4 Å². The third kappa shape index (κ3) is 5.99. The third-order valence-corrected chi connectivity index (χ3v) is 6.67. The average Bonchev–Trinajstić information content (AvgIpc) is 3.30. The van der Waals surface area contributed by atoms with E-state index in [4.69, 9.17) is 4.74 Å². The van der Waals surface area contributed by atoms with Crippen molar-refractivity contribution in [3.63, 3.8) is 0 Å². The molecule has 1 aliphatic carbocycles. The van der Waals surface area contributed by atoms with E-state index in [1.54, 1.807) is 24.3 Å². The number of benzene rings is 2. The lowest BCUT2D eigenvalue weighted by Crippen LogP contribution is -2.54. The van der Waals surface area contributed by atoms with Gasteiger partial charge in [-0.25, -0.2) is 14.2 Å². The zero-order valence-corrected chi connectivity index (χ0v) is 18.8. The summed E-state index contributed by atoms with van der Waals surface area (Å²) in [5, 5.41) is 12.2. The first-order chi connectivity index (χ1) is 15.5. The number of hydrogen-bond donors (Lipinski definition) is 3. The first-order valence-electron chi connectivity index (χ1n) is 10.7. The topological polar surface area (TPSA) is 90.9 Å². The molecule has 2 aromatic carbocycles. The number of carbonyl (C=O) groups is 2. The van der Waals surface area contributed by atoms with Gasteiger partial charge in [-0.05, 0) is 80.2 Å². The van der Waals surface area contributed by atoms with Gasteiger partial charge in [0.15, 0.2) is 0 Å². The summed E-state index contributed by atoms with van der Waals surface area (Å²) in [4.78, 5) is 25.6. The third-order valence-electron chi connectivity index (χ3n) is 5.44. The lowest BCUT2D eigenvalue weighted by atomic mass is 9.96. The van der Waals surface area contributed by atoms with E-state index in [2.05, 4.69) is 5.32 Å². The Balaban J connectivity index is 1.75. The largest absolute Gasteiger partial charge is 0.457 e. The van der Waals surface area contributed by atoms with E-state index in [1.165, 1.54) is 24.1 Å². The van der Waals surface area contributed by atoms with Crippen LogP contribution in [-0.4, -0.2) is 40.0 Å². The molecule has 1 fully saturated rings. The number of ether oxygens (including phenoxy) is 1. The smallest absolute Gasteiger partial charge is 0.264 e. The van der Waals surface area contributed by atoms with Crippen LogP contribution >= 0.6 is 11.9 Å². The van der Waals surface area contributed by atoms with Gasteiger partial charge in [-0.3, -0.25) is 14.8 Å². The summed E-state index contributed by atoms with van der Waals surface area (Å²) < 4.78 is 20.7. The van der Waals surface area contributed by atoms with Gasteiger partial charge in [0.05, 0.1) is 0 Å². The minimum Gasteiger partial charge on any atom is -0.457 e. The number of hydroxylamine groups is 1. The van der Waals surface area contributed by atoms with Crippen molar-refractivity contribution >= 4 is 23.8 Å². The molecule has 0 radical (unpaired) electrons. The number of amides is 2. The lowest BCUT2D eigenvalue weighted by molar-refractivity contribution is -0.139. The maximum atomic E-state index is 13.1. The van der Waals surface area contributed by atoms with Gasteiger partial charge in [0.25, 0.3) is 5.91 Å². The molecule has 0 spiro atoms. The zero-order chi connectivity index (χ0) is 23.0. The first kappa shape index (κ1) is 24.0. The number of hydrogen-bond acceptors (Lipinski definition) is 6. The molecular formula is C23H28FN3O4S. The fourth-order valence-electron chi connectivity index (χ4n) is 3.82.